The second-order valence-corrected chi connectivity index (χ2v) is 5.57. The Bertz CT molecular complexity index is 591. The van der Waals surface area contributed by atoms with E-state index in [1.165, 1.54) is 4.90 Å². The number of carbonyl (C=O) groups excluding carboxylic acids is 1. The van der Waals surface area contributed by atoms with Crippen LogP contribution in [-0.4, -0.2) is 35.8 Å². The molecular weight excluding hydrogens is 315 g/mol. The third-order valence-electron chi connectivity index (χ3n) is 2.40. The van der Waals surface area contributed by atoms with Gasteiger partial charge in [0.05, 0.1) is 21.6 Å². The number of benzene rings is 1. The van der Waals surface area contributed by atoms with Crippen LogP contribution in [0.3, 0.4) is 0 Å². The standard InChI is InChI=1S/C10H10N2O4S2.K/c13-9-8(6-18(14,15)16)11-10(17)12(9)7-4-2-1-3-5-7;/h1-5,8H,6H2,(H,11,17)(H,14,15,16);/q;+1/p-1. The molecule has 96 valence electrons. The minimum Gasteiger partial charge on any atom is -0.748 e. The maximum absolute atomic E-state index is 12.0. The zero-order valence-corrected chi connectivity index (χ0v) is 14.8. The van der Waals surface area contributed by atoms with Gasteiger partial charge in [0.25, 0.3) is 5.91 Å². The van der Waals surface area contributed by atoms with Gasteiger partial charge in [-0.3, -0.25) is 9.69 Å². The Morgan fingerprint density at radius 3 is 2.42 bits per heavy atom. The van der Waals surface area contributed by atoms with Crippen molar-refractivity contribution in [2.24, 2.45) is 0 Å². The van der Waals surface area contributed by atoms with E-state index in [0.717, 1.165) is 0 Å². The molecule has 1 amide bonds. The molecule has 0 aromatic heterocycles. The first-order chi connectivity index (χ1) is 8.38. The van der Waals surface area contributed by atoms with Crippen LogP contribution in [0, 0.1) is 0 Å². The smallest absolute Gasteiger partial charge is 0.748 e. The number of rotatable bonds is 3. The van der Waals surface area contributed by atoms with Gasteiger partial charge in [-0.25, -0.2) is 8.42 Å². The Labute approximate surface area is 158 Å². The van der Waals surface area contributed by atoms with Gasteiger partial charge in [-0.05, 0) is 24.4 Å². The van der Waals surface area contributed by atoms with Gasteiger partial charge in [0, 0.05) is 0 Å². The SMILES string of the molecule is O=C1C(CS(=O)(=O)[O-])NC(=S)N1c1ccccc1.[K+]. The summed E-state index contributed by atoms with van der Waals surface area (Å²) in [6, 6.07) is 7.45. The van der Waals surface area contributed by atoms with Gasteiger partial charge in [0.15, 0.2) is 5.11 Å². The molecule has 1 aromatic carbocycles. The van der Waals surface area contributed by atoms with E-state index in [0.29, 0.717) is 5.69 Å². The van der Waals surface area contributed by atoms with Crippen molar-refractivity contribution in [3.63, 3.8) is 0 Å². The predicted molar refractivity (Wildman–Crippen MR) is 68.0 cm³/mol. The molecule has 1 aromatic rings. The van der Waals surface area contributed by atoms with Gasteiger partial charge < -0.3 is 9.87 Å². The Hall–Kier alpha value is 0.126. The summed E-state index contributed by atoms with van der Waals surface area (Å²) in [7, 11) is -4.49. The Morgan fingerprint density at radius 2 is 1.89 bits per heavy atom. The molecule has 0 spiro atoms. The van der Waals surface area contributed by atoms with Gasteiger partial charge in [0.2, 0.25) is 0 Å². The molecule has 1 saturated heterocycles. The molecule has 0 saturated carbocycles. The third kappa shape index (κ3) is 4.30. The minimum atomic E-state index is -4.49. The largest absolute Gasteiger partial charge is 1.00 e. The van der Waals surface area contributed by atoms with Crippen LogP contribution in [0.5, 0.6) is 0 Å². The van der Waals surface area contributed by atoms with E-state index < -0.39 is 27.8 Å². The van der Waals surface area contributed by atoms with E-state index in [4.69, 9.17) is 12.2 Å². The number of amides is 1. The van der Waals surface area contributed by atoms with E-state index in [-0.39, 0.29) is 56.5 Å². The van der Waals surface area contributed by atoms with Gasteiger partial charge in [-0.1, -0.05) is 18.2 Å². The monoisotopic (exact) mass is 324 g/mol. The molecule has 0 bridgehead atoms. The number of thiocarbonyl (C=S) groups is 1. The van der Waals surface area contributed by atoms with Gasteiger partial charge in [-0.15, -0.1) is 0 Å². The topological polar surface area (TPSA) is 89.5 Å². The zero-order valence-electron chi connectivity index (χ0n) is 10.1. The normalized spacial score (nSPS) is 19.0. The van der Waals surface area contributed by atoms with Crippen molar-refractivity contribution >= 4 is 39.0 Å². The van der Waals surface area contributed by atoms with Crippen molar-refractivity contribution < 1.29 is 69.1 Å². The summed E-state index contributed by atoms with van der Waals surface area (Å²) in [5.74, 6) is -1.35. The van der Waals surface area contributed by atoms with Crippen LogP contribution in [0.15, 0.2) is 30.3 Å². The molecule has 1 aliphatic rings. The average Bonchev–Trinajstić information content (AvgIpc) is 2.53. The van der Waals surface area contributed by atoms with E-state index in [1.54, 1.807) is 30.3 Å². The molecule has 1 unspecified atom stereocenters. The molecule has 6 nitrogen and oxygen atoms in total. The quantitative estimate of drug-likeness (QED) is 0.358. The fourth-order valence-electron chi connectivity index (χ4n) is 1.67. The summed E-state index contributed by atoms with van der Waals surface area (Å²) >= 11 is 4.96. The van der Waals surface area contributed by atoms with Crippen molar-refractivity contribution in [3.8, 4) is 0 Å². The molecule has 1 fully saturated rings. The van der Waals surface area contributed by atoms with Crippen molar-refractivity contribution in [2.75, 3.05) is 10.7 Å². The molecule has 0 radical (unpaired) electrons. The van der Waals surface area contributed by atoms with Crippen LogP contribution in [0.25, 0.3) is 0 Å². The third-order valence-corrected chi connectivity index (χ3v) is 3.45. The first-order valence-corrected chi connectivity index (χ1v) is 7.00. The summed E-state index contributed by atoms with van der Waals surface area (Å²) in [4.78, 5) is 13.2. The fraction of sp³-hybridized carbons (Fsp3) is 0.200. The van der Waals surface area contributed by atoms with Gasteiger partial charge in [-0.2, -0.15) is 0 Å². The van der Waals surface area contributed by atoms with Crippen LogP contribution >= 0.6 is 12.2 Å². The average molecular weight is 324 g/mol. The number of anilines is 1. The number of hydrogen-bond donors (Lipinski definition) is 1. The van der Waals surface area contributed by atoms with Crippen LogP contribution in [0.1, 0.15) is 0 Å². The summed E-state index contributed by atoms with van der Waals surface area (Å²) < 4.78 is 32.0. The molecular formula is C10H9KN2O4S2. The van der Waals surface area contributed by atoms with Crippen LogP contribution in [0.2, 0.25) is 0 Å². The van der Waals surface area contributed by atoms with Crippen molar-refractivity contribution in [2.45, 2.75) is 6.04 Å². The second-order valence-electron chi connectivity index (χ2n) is 3.74. The van der Waals surface area contributed by atoms with Crippen LogP contribution in [0.4, 0.5) is 5.69 Å². The molecule has 9 heteroatoms. The maximum Gasteiger partial charge on any atom is 1.00 e. The summed E-state index contributed by atoms with van der Waals surface area (Å²) in [6.07, 6.45) is 0. The summed E-state index contributed by atoms with van der Waals surface area (Å²) in [5.41, 5.74) is 0.533. The fourth-order valence-corrected chi connectivity index (χ4v) is 2.64. The predicted octanol–water partition coefficient (Wildman–Crippen LogP) is -3.17. The zero-order chi connectivity index (χ0) is 13.3. The molecule has 1 N–H and O–H groups in total. The van der Waals surface area contributed by atoms with E-state index in [1.807, 2.05) is 0 Å². The number of para-hydroxylation sites is 1. The Balaban J connectivity index is 0.00000180. The van der Waals surface area contributed by atoms with Crippen molar-refractivity contribution in [3.05, 3.63) is 30.3 Å². The van der Waals surface area contributed by atoms with E-state index in [2.05, 4.69) is 5.32 Å². The summed E-state index contributed by atoms with van der Waals surface area (Å²) in [6.45, 7) is 0. The minimum absolute atomic E-state index is 0. The van der Waals surface area contributed by atoms with E-state index in [9.17, 15) is 17.8 Å². The number of carbonyl (C=O) groups is 1. The molecule has 19 heavy (non-hydrogen) atoms. The molecule has 1 heterocycles. The molecule has 2 rings (SSSR count). The first-order valence-electron chi connectivity index (χ1n) is 5.01. The number of hydrogen-bond acceptors (Lipinski definition) is 5. The van der Waals surface area contributed by atoms with E-state index >= 15 is 0 Å². The van der Waals surface area contributed by atoms with Crippen molar-refractivity contribution in [1.82, 2.24) is 5.32 Å². The maximum atomic E-state index is 12.0. The number of nitrogens with one attached hydrogen (secondary N) is 1. The van der Waals surface area contributed by atoms with Crippen LogP contribution in [-0.2, 0) is 14.9 Å². The Morgan fingerprint density at radius 1 is 1.32 bits per heavy atom. The number of nitrogens with zero attached hydrogens (tertiary/aromatic N) is 1. The first kappa shape index (κ1) is 17.2. The second kappa shape index (κ2) is 6.72. The van der Waals surface area contributed by atoms with Gasteiger partial charge >= 0.3 is 51.4 Å². The summed E-state index contributed by atoms with van der Waals surface area (Å²) in [5, 5.41) is 2.63. The Kier molecular flexibility index (Phi) is 6.08. The molecule has 1 atom stereocenters. The molecule has 0 aliphatic carbocycles. The van der Waals surface area contributed by atoms with Crippen LogP contribution < -0.4 is 61.6 Å². The van der Waals surface area contributed by atoms with Gasteiger partial charge in [0.1, 0.15) is 6.04 Å². The van der Waals surface area contributed by atoms with Crippen molar-refractivity contribution in [1.29, 1.82) is 0 Å². The molecule has 1 aliphatic heterocycles.